The van der Waals surface area contributed by atoms with E-state index in [1.807, 2.05) is 22.4 Å². The maximum absolute atomic E-state index is 13.5. The third-order valence-corrected chi connectivity index (χ3v) is 8.31. The van der Waals surface area contributed by atoms with E-state index in [1.165, 1.54) is 29.2 Å². The molecule has 0 atom stereocenters. The molecule has 2 aromatic heterocycles. The monoisotopic (exact) mass is 546 g/mol. The van der Waals surface area contributed by atoms with Gasteiger partial charge in [0.15, 0.2) is 0 Å². The fourth-order valence-corrected chi connectivity index (χ4v) is 6.10. The number of halogens is 1. The molecule has 0 radical (unpaired) electrons. The van der Waals surface area contributed by atoms with Crippen molar-refractivity contribution in [2.75, 3.05) is 80.3 Å². The number of hydrogen-bond donors (Lipinski definition) is 2. The van der Waals surface area contributed by atoms with E-state index in [4.69, 9.17) is 5.73 Å². The first-order valence-corrected chi connectivity index (χ1v) is 14.0. The van der Waals surface area contributed by atoms with Crippen LogP contribution in [0, 0.1) is 5.82 Å². The molecule has 0 aliphatic carbocycles. The van der Waals surface area contributed by atoms with Crippen molar-refractivity contribution in [3.8, 4) is 11.1 Å². The fourth-order valence-electron chi connectivity index (χ4n) is 5.15. The molecule has 0 unspecified atom stereocenters. The lowest BCUT2D eigenvalue weighted by molar-refractivity contribution is 0.208. The molecule has 11 heteroatoms. The standard InChI is InChI=1S/C28H31FN8OS/c1-34-10-12-35(13-11-34)22-8-6-21(7-9-22)31-28(38)37-16-14-36(15-17-37)25-24-23(19-2-4-20(29)5-3-19)18-39-26(24)33-27(30)32-25/h2-9,18H,10-17H2,1H3,(H,31,38)(H2,30,32,33). The molecule has 4 heterocycles. The van der Waals surface area contributed by atoms with Gasteiger partial charge in [0.2, 0.25) is 5.95 Å². The van der Waals surface area contributed by atoms with Crippen molar-refractivity contribution >= 4 is 50.7 Å². The molecule has 4 aromatic rings. The zero-order valence-corrected chi connectivity index (χ0v) is 22.6. The van der Waals surface area contributed by atoms with Crippen LogP contribution in [0.15, 0.2) is 53.9 Å². The Hall–Kier alpha value is -3.96. The Bertz CT molecular complexity index is 1460. The van der Waals surface area contributed by atoms with Gasteiger partial charge in [0.25, 0.3) is 0 Å². The van der Waals surface area contributed by atoms with Gasteiger partial charge in [-0.2, -0.15) is 4.98 Å². The van der Waals surface area contributed by atoms with Gasteiger partial charge in [-0.15, -0.1) is 11.3 Å². The van der Waals surface area contributed by atoms with Gasteiger partial charge in [-0.05, 0) is 49.0 Å². The summed E-state index contributed by atoms with van der Waals surface area (Å²) in [7, 11) is 2.15. The van der Waals surface area contributed by atoms with Crippen molar-refractivity contribution in [1.82, 2.24) is 19.8 Å². The Balaban J connectivity index is 1.12. The number of nitrogen functional groups attached to an aromatic ring is 1. The molecule has 2 aliphatic rings. The van der Waals surface area contributed by atoms with Gasteiger partial charge in [0.05, 0.1) is 5.39 Å². The highest BCUT2D eigenvalue weighted by molar-refractivity contribution is 7.17. The summed E-state index contributed by atoms with van der Waals surface area (Å²) >= 11 is 1.49. The molecule has 0 bridgehead atoms. The summed E-state index contributed by atoms with van der Waals surface area (Å²) in [5.74, 6) is 0.683. The molecule has 202 valence electrons. The zero-order valence-electron chi connectivity index (χ0n) is 21.8. The number of benzene rings is 2. The van der Waals surface area contributed by atoms with Gasteiger partial charge >= 0.3 is 6.03 Å². The number of fused-ring (bicyclic) bond motifs is 1. The Morgan fingerprint density at radius 3 is 2.26 bits per heavy atom. The average molecular weight is 547 g/mol. The van der Waals surface area contributed by atoms with Crippen molar-refractivity contribution in [2.45, 2.75) is 0 Å². The number of carbonyl (C=O) groups excluding carboxylic acids is 1. The van der Waals surface area contributed by atoms with Crippen LogP contribution in [0.5, 0.6) is 0 Å². The Morgan fingerprint density at radius 1 is 0.897 bits per heavy atom. The highest BCUT2D eigenvalue weighted by Gasteiger charge is 2.26. The van der Waals surface area contributed by atoms with E-state index in [2.05, 4.69) is 49.2 Å². The zero-order chi connectivity index (χ0) is 26.9. The van der Waals surface area contributed by atoms with E-state index < -0.39 is 0 Å². The van der Waals surface area contributed by atoms with Crippen LogP contribution in [0.1, 0.15) is 0 Å². The van der Waals surface area contributed by atoms with Crippen molar-refractivity contribution < 1.29 is 9.18 Å². The highest BCUT2D eigenvalue weighted by Crippen LogP contribution is 2.39. The Morgan fingerprint density at radius 2 is 1.56 bits per heavy atom. The first-order valence-electron chi connectivity index (χ1n) is 13.1. The van der Waals surface area contributed by atoms with Crippen LogP contribution >= 0.6 is 11.3 Å². The third-order valence-electron chi connectivity index (χ3n) is 7.44. The van der Waals surface area contributed by atoms with E-state index in [0.717, 1.165) is 59.0 Å². The molecule has 0 spiro atoms. The topological polar surface area (TPSA) is 93.9 Å². The van der Waals surface area contributed by atoms with E-state index in [-0.39, 0.29) is 17.8 Å². The molecule has 6 rings (SSSR count). The van der Waals surface area contributed by atoms with Crippen molar-refractivity contribution in [2.24, 2.45) is 0 Å². The predicted molar refractivity (Wildman–Crippen MR) is 156 cm³/mol. The third kappa shape index (κ3) is 5.32. The number of likely N-dealkylation sites (N-methyl/N-ethyl adjacent to an activating group) is 1. The summed E-state index contributed by atoms with van der Waals surface area (Å²) in [6.07, 6.45) is 0. The van der Waals surface area contributed by atoms with Gasteiger partial charge in [-0.3, -0.25) is 0 Å². The number of thiophene rings is 1. The lowest BCUT2D eigenvalue weighted by Crippen LogP contribution is -2.50. The summed E-state index contributed by atoms with van der Waals surface area (Å²) in [6.45, 7) is 6.44. The fraction of sp³-hybridized carbons (Fsp3) is 0.321. The minimum atomic E-state index is -0.278. The molecule has 2 amide bonds. The first-order chi connectivity index (χ1) is 18.9. The number of anilines is 4. The van der Waals surface area contributed by atoms with Crippen molar-refractivity contribution in [1.29, 1.82) is 0 Å². The number of nitrogens with zero attached hydrogens (tertiary/aromatic N) is 6. The Labute approximate surface area is 230 Å². The number of aromatic nitrogens is 2. The van der Waals surface area contributed by atoms with Crippen LogP contribution in [-0.2, 0) is 0 Å². The second-order valence-electron chi connectivity index (χ2n) is 9.98. The molecule has 3 N–H and O–H groups in total. The molecule has 2 aliphatic heterocycles. The van der Waals surface area contributed by atoms with Crippen LogP contribution in [0.3, 0.4) is 0 Å². The first kappa shape index (κ1) is 25.3. The van der Waals surface area contributed by atoms with E-state index in [0.29, 0.717) is 26.2 Å². The maximum Gasteiger partial charge on any atom is 0.321 e. The normalized spacial score (nSPS) is 16.6. The molecular weight excluding hydrogens is 515 g/mol. The predicted octanol–water partition coefficient (Wildman–Crippen LogP) is 4.19. The summed E-state index contributed by atoms with van der Waals surface area (Å²) in [6, 6.07) is 14.4. The van der Waals surface area contributed by atoms with Gasteiger partial charge in [0, 0.05) is 74.7 Å². The number of urea groups is 1. The largest absolute Gasteiger partial charge is 0.369 e. The average Bonchev–Trinajstić information content (AvgIpc) is 3.38. The number of piperazine rings is 2. The second kappa shape index (κ2) is 10.7. The van der Waals surface area contributed by atoms with E-state index in [1.54, 1.807) is 12.1 Å². The molecule has 39 heavy (non-hydrogen) atoms. The number of nitrogens with two attached hydrogens (primary N) is 1. The number of amides is 2. The highest BCUT2D eigenvalue weighted by atomic mass is 32.1. The summed E-state index contributed by atoms with van der Waals surface area (Å²) in [4.78, 5) is 31.5. The molecule has 2 saturated heterocycles. The number of hydrogen-bond acceptors (Lipinski definition) is 8. The minimum absolute atomic E-state index is 0.114. The molecule has 2 fully saturated rings. The molecule has 9 nitrogen and oxygen atoms in total. The quantitative estimate of drug-likeness (QED) is 0.397. The molecular formula is C28H31FN8OS. The second-order valence-corrected chi connectivity index (χ2v) is 10.8. The van der Waals surface area contributed by atoms with Gasteiger partial charge < -0.3 is 30.7 Å². The van der Waals surface area contributed by atoms with Crippen LogP contribution in [-0.4, -0.2) is 85.2 Å². The minimum Gasteiger partial charge on any atom is -0.369 e. The van der Waals surface area contributed by atoms with Gasteiger partial charge in [-0.1, -0.05) is 12.1 Å². The Kier molecular flexibility index (Phi) is 6.92. The smallest absolute Gasteiger partial charge is 0.321 e. The van der Waals surface area contributed by atoms with Crippen LogP contribution in [0.4, 0.5) is 32.3 Å². The summed E-state index contributed by atoms with van der Waals surface area (Å²) in [5, 5.41) is 5.95. The van der Waals surface area contributed by atoms with Crippen LogP contribution < -0.4 is 20.9 Å². The van der Waals surface area contributed by atoms with Crippen molar-refractivity contribution in [3.05, 3.63) is 59.7 Å². The summed E-state index contributed by atoms with van der Waals surface area (Å²) < 4.78 is 13.5. The number of rotatable bonds is 4. The lowest BCUT2D eigenvalue weighted by atomic mass is 10.1. The maximum atomic E-state index is 13.5. The SMILES string of the molecule is CN1CCN(c2ccc(NC(=O)N3CCN(c4nc(N)nc5scc(-c6ccc(F)cc6)c45)CC3)cc2)CC1. The lowest BCUT2D eigenvalue weighted by Gasteiger charge is -2.36. The van der Waals surface area contributed by atoms with Gasteiger partial charge in [0.1, 0.15) is 16.5 Å². The van der Waals surface area contributed by atoms with E-state index >= 15 is 0 Å². The summed E-state index contributed by atoms with van der Waals surface area (Å²) in [5.41, 5.74) is 9.86. The number of nitrogens with one attached hydrogen (secondary N) is 1. The molecule has 0 saturated carbocycles. The van der Waals surface area contributed by atoms with Gasteiger partial charge in [-0.25, -0.2) is 14.2 Å². The van der Waals surface area contributed by atoms with Crippen LogP contribution in [0.25, 0.3) is 21.3 Å². The van der Waals surface area contributed by atoms with Crippen molar-refractivity contribution in [3.63, 3.8) is 0 Å². The molecule has 2 aromatic carbocycles. The van der Waals surface area contributed by atoms with E-state index in [9.17, 15) is 9.18 Å². The van der Waals surface area contributed by atoms with Crippen LogP contribution in [0.2, 0.25) is 0 Å². The number of carbonyl (C=O) groups is 1.